The van der Waals surface area contributed by atoms with E-state index in [0.29, 0.717) is 12.3 Å². The molecule has 0 bridgehead atoms. The third kappa shape index (κ3) is 3.91. The number of rotatable bonds is 4. The highest BCUT2D eigenvalue weighted by atomic mass is 79.9. The number of halogens is 1. The van der Waals surface area contributed by atoms with Crippen LogP contribution in [0.2, 0.25) is 0 Å². The second-order valence-electron chi connectivity index (χ2n) is 4.75. The first-order valence-electron chi connectivity index (χ1n) is 6.68. The molecule has 2 atom stereocenters. The number of hydrogen-bond donors (Lipinski definition) is 2. The van der Waals surface area contributed by atoms with Gasteiger partial charge in [0.25, 0.3) is 0 Å². The zero-order chi connectivity index (χ0) is 15.4. The maximum Gasteiger partial charge on any atom is 0.327 e. The number of nitrogens with one attached hydrogen (secondary N) is 1. The van der Waals surface area contributed by atoms with Gasteiger partial charge in [-0.05, 0) is 24.1 Å². The van der Waals surface area contributed by atoms with Gasteiger partial charge in [0.1, 0.15) is 6.04 Å². The predicted molar refractivity (Wildman–Crippen MR) is 86.2 cm³/mol. The van der Waals surface area contributed by atoms with E-state index in [1.54, 1.807) is 0 Å². The minimum atomic E-state index is -0.948. The standard InChI is InChI=1S/C14H17BrN2O3S/c1-2-12-17(11(8-21-12)13(18)19)14(20)16-7-9-4-3-5-10(15)6-9/h3-6,11-12H,2,7-8H2,1H3,(H,16,20)(H,18,19). The molecule has 1 aromatic rings. The highest BCUT2D eigenvalue weighted by molar-refractivity contribution is 9.10. The van der Waals surface area contributed by atoms with Crippen molar-refractivity contribution in [1.82, 2.24) is 10.2 Å². The number of benzene rings is 1. The number of urea groups is 1. The number of carbonyl (C=O) groups excluding carboxylic acids is 1. The van der Waals surface area contributed by atoms with Crippen LogP contribution in [0.5, 0.6) is 0 Å². The van der Waals surface area contributed by atoms with Crippen LogP contribution in [0.15, 0.2) is 28.7 Å². The van der Waals surface area contributed by atoms with Crippen LogP contribution in [-0.2, 0) is 11.3 Å². The summed E-state index contributed by atoms with van der Waals surface area (Å²) >= 11 is 4.90. The van der Waals surface area contributed by atoms with Gasteiger partial charge in [-0.15, -0.1) is 11.8 Å². The van der Waals surface area contributed by atoms with Crippen LogP contribution in [0.4, 0.5) is 4.79 Å². The van der Waals surface area contributed by atoms with Gasteiger partial charge in [-0.2, -0.15) is 0 Å². The molecule has 1 aliphatic heterocycles. The summed E-state index contributed by atoms with van der Waals surface area (Å²) in [6.45, 7) is 2.33. The summed E-state index contributed by atoms with van der Waals surface area (Å²) in [5, 5.41) is 12.0. The molecule has 114 valence electrons. The molecule has 1 fully saturated rings. The summed E-state index contributed by atoms with van der Waals surface area (Å²) in [6.07, 6.45) is 0.735. The fourth-order valence-corrected chi connectivity index (χ4v) is 4.05. The molecular formula is C14H17BrN2O3S. The fourth-order valence-electron chi connectivity index (χ4n) is 2.26. The molecule has 21 heavy (non-hydrogen) atoms. The summed E-state index contributed by atoms with van der Waals surface area (Å²) < 4.78 is 0.945. The molecule has 2 amide bonds. The molecule has 2 rings (SSSR count). The number of carbonyl (C=O) groups is 2. The third-order valence-corrected chi connectivity index (χ3v) is 5.24. The minimum Gasteiger partial charge on any atom is -0.480 e. The summed E-state index contributed by atoms with van der Waals surface area (Å²) in [6, 6.07) is 6.57. The van der Waals surface area contributed by atoms with Crippen molar-refractivity contribution >= 4 is 39.7 Å². The van der Waals surface area contributed by atoms with Gasteiger partial charge in [-0.1, -0.05) is 35.0 Å². The second kappa shape index (κ2) is 7.17. The highest BCUT2D eigenvalue weighted by Crippen LogP contribution is 2.31. The molecule has 1 aromatic carbocycles. The monoisotopic (exact) mass is 372 g/mol. The van der Waals surface area contributed by atoms with E-state index < -0.39 is 12.0 Å². The van der Waals surface area contributed by atoms with Crippen LogP contribution in [0.25, 0.3) is 0 Å². The first-order valence-corrected chi connectivity index (χ1v) is 8.52. The molecule has 1 aliphatic rings. The van der Waals surface area contributed by atoms with Crippen LogP contribution in [0.3, 0.4) is 0 Å². The minimum absolute atomic E-state index is 0.0754. The van der Waals surface area contributed by atoms with Crippen molar-refractivity contribution in [2.75, 3.05) is 5.75 Å². The lowest BCUT2D eigenvalue weighted by Crippen LogP contribution is -2.49. The van der Waals surface area contributed by atoms with Gasteiger partial charge < -0.3 is 10.4 Å². The van der Waals surface area contributed by atoms with E-state index in [4.69, 9.17) is 0 Å². The lowest BCUT2D eigenvalue weighted by Gasteiger charge is -2.26. The average Bonchev–Trinajstić information content (AvgIpc) is 2.89. The molecule has 1 saturated heterocycles. The summed E-state index contributed by atoms with van der Waals surface area (Å²) in [5.41, 5.74) is 0.962. The number of carboxylic acids is 1. The summed E-state index contributed by atoms with van der Waals surface area (Å²) in [5.74, 6) is -0.505. The topological polar surface area (TPSA) is 69.6 Å². The Labute approximate surface area is 136 Å². The predicted octanol–water partition coefficient (Wildman–Crippen LogP) is 2.90. The SMILES string of the molecule is CCC1SCC(C(=O)O)N1C(=O)NCc1cccc(Br)c1. The Kier molecular flexibility index (Phi) is 5.52. The Balaban J connectivity index is 2.02. The van der Waals surface area contributed by atoms with Crippen LogP contribution in [0, 0.1) is 0 Å². The Morgan fingerprint density at radius 2 is 2.29 bits per heavy atom. The van der Waals surface area contributed by atoms with E-state index in [9.17, 15) is 14.7 Å². The van der Waals surface area contributed by atoms with Crippen molar-refractivity contribution in [2.45, 2.75) is 31.3 Å². The Morgan fingerprint density at radius 1 is 1.52 bits per heavy atom. The maximum absolute atomic E-state index is 12.3. The molecule has 0 saturated carbocycles. The number of nitrogens with zero attached hydrogens (tertiary/aromatic N) is 1. The fraction of sp³-hybridized carbons (Fsp3) is 0.429. The summed E-state index contributed by atoms with van der Waals surface area (Å²) in [7, 11) is 0. The second-order valence-corrected chi connectivity index (χ2v) is 6.87. The highest BCUT2D eigenvalue weighted by Gasteiger charge is 2.40. The van der Waals surface area contributed by atoms with Crippen molar-refractivity contribution in [3.8, 4) is 0 Å². The Morgan fingerprint density at radius 3 is 2.90 bits per heavy atom. The third-order valence-electron chi connectivity index (χ3n) is 3.29. The quantitative estimate of drug-likeness (QED) is 0.852. The van der Waals surface area contributed by atoms with Crippen LogP contribution in [-0.4, -0.2) is 39.2 Å². The number of aliphatic carboxylic acids is 1. The van der Waals surface area contributed by atoms with E-state index in [1.807, 2.05) is 31.2 Å². The van der Waals surface area contributed by atoms with Crippen molar-refractivity contribution in [3.05, 3.63) is 34.3 Å². The molecule has 0 spiro atoms. The number of carboxylic acid groups (broad SMARTS) is 1. The Hall–Kier alpha value is -1.21. The molecular weight excluding hydrogens is 356 g/mol. The molecule has 1 heterocycles. The molecule has 2 unspecified atom stereocenters. The molecule has 7 heteroatoms. The number of thioether (sulfide) groups is 1. The average molecular weight is 373 g/mol. The first kappa shape index (κ1) is 16.2. The van der Waals surface area contributed by atoms with Crippen molar-refractivity contribution < 1.29 is 14.7 Å². The normalized spacial score (nSPS) is 21.3. The van der Waals surface area contributed by atoms with Gasteiger partial charge in [0.2, 0.25) is 0 Å². The smallest absolute Gasteiger partial charge is 0.327 e. The van der Waals surface area contributed by atoms with Gasteiger partial charge in [-0.3, -0.25) is 4.90 Å². The van der Waals surface area contributed by atoms with Crippen LogP contribution < -0.4 is 5.32 Å². The molecule has 0 aliphatic carbocycles. The lowest BCUT2D eigenvalue weighted by atomic mass is 10.2. The van der Waals surface area contributed by atoms with E-state index in [1.165, 1.54) is 16.7 Å². The van der Waals surface area contributed by atoms with E-state index in [2.05, 4.69) is 21.2 Å². The van der Waals surface area contributed by atoms with E-state index in [0.717, 1.165) is 16.5 Å². The maximum atomic E-state index is 12.3. The number of amides is 2. The van der Waals surface area contributed by atoms with E-state index in [-0.39, 0.29) is 11.4 Å². The van der Waals surface area contributed by atoms with Gasteiger partial charge >= 0.3 is 12.0 Å². The van der Waals surface area contributed by atoms with Gasteiger partial charge in [0.15, 0.2) is 0 Å². The van der Waals surface area contributed by atoms with Crippen molar-refractivity contribution in [2.24, 2.45) is 0 Å². The Bertz CT molecular complexity index is 541. The largest absolute Gasteiger partial charge is 0.480 e. The van der Waals surface area contributed by atoms with Gasteiger partial charge in [-0.25, -0.2) is 9.59 Å². The first-order chi connectivity index (χ1) is 10.0. The number of hydrogen-bond acceptors (Lipinski definition) is 3. The van der Waals surface area contributed by atoms with Crippen molar-refractivity contribution in [3.63, 3.8) is 0 Å². The van der Waals surface area contributed by atoms with Crippen LogP contribution in [0.1, 0.15) is 18.9 Å². The zero-order valence-electron chi connectivity index (χ0n) is 11.6. The van der Waals surface area contributed by atoms with Crippen LogP contribution >= 0.6 is 27.7 Å². The molecule has 5 nitrogen and oxygen atoms in total. The molecule has 0 aromatic heterocycles. The lowest BCUT2D eigenvalue weighted by molar-refractivity contribution is -0.141. The van der Waals surface area contributed by atoms with E-state index >= 15 is 0 Å². The zero-order valence-corrected chi connectivity index (χ0v) is 14.0. The van der Waals surface area contributed by atoms with Gasteiger partial charge in [0.05, 0.1) is 5.37 Å². The van der Waals surface area contributed by atoms with Gasteiger partial charge in [0, 0.05) is 16.8 Å². The van der Waals surface area contributed by atoms with Crippen molar-refractivity contribution in [1.29, 1.82) is 0 Å². The summed E-state index contributed by atoms with van der Waals surface area (Å²) in [4.78, 5) is 25.0. The molecule has 0 radical (unpaired) electrons. The molecule has 2 N–H and O–H groups in total.